The van der Waals surface area contributed by atoms with Gasteiger partial charge in [-0.3, -0.25) is 9.59 Å². The van der Waals surface area contributed by atoms with Crippen LogP contribution >= 0.6 is 0 Å². The molecule has 4 nitrogen and oxygen atoms in total. The zero-order valence-electron chi connectivity index (χ0n) is 15.0. The van der Waals surface area contributed by atoms with Gasteiger partial charge in [0, 0.05) is 25.2 Å². The van der Waals surface area contributed by atoms with Crippen LogP contribution in [0.3, 0.4) is 0 Å². The lowest BCUT2D eigenvalue weighted by molar-refractivity contribution is -0.128. The molecule has 1 saturated heterocycles. The molecule has 2 aromatic carbocycles. The predicted molar refractivity (Wildman–Crippen MR) is 99.2 cm³/mol. The average Bonchev–Trinajstić information content (AvgIpc) is 2.90. The van der Waals surface area contributed by atoms with Crippen molar-refractivity contribution in [1.82, 2.24) is 4.90 Å². The van der Waals surface area contributed by atoms with Crippen LogP contribution in [-0.2, 0) is 16.1 Å². The molecular weight excluding hydrogens is 312 g/mol. The molecule has 0 radical (unpaired) electrons. The van der Waals surface area contributed by atoms with E-state index in [0.717, 1.165) is 22.4 Å². The summed E-state index contributed by atoms with van der Waals surface area (Å²) in [6, 6.07) is 14.1. The monoisotopic (exact) mass is 336 g/mol. The second-order valence-electron chi connectivity index (χ2n) is 7.03. The third kappa shape index (κ3) is 4.27. The molecule has 1 atom stereocenters. The summed E-state index contributed by atoms with van der Waals surface area (Å²) in [4.78, 5) is 26.6. The van der Waals surface area contributed by atoms with Gasteiger partial charge in [-0.05, 0) is 49.6 Å². The summed E-state index contributed by atoms with van der Waals surface area (Å²) in [5, 5.41) is 2.96. The second kappa shape index (κ2) is 7.09. The van der Waals surface area contributed by atoms with Crippen molar-refractivity contribution in [2.24, 2.45) is 5.92 Å². The van der Waals surface area contributed by atoms with Crippen LogP contribution in [0.2, 0.25) is 0 Å². The first kappa shape index (κ1) is 17.2. The molecular formula is C21H24N2O2. The highest BCUT2D eigenvalue weighted by Gasteiger charge is 2.34. The van der Waals surface area contributed by atoms with Crippen molar-refractivity contribution in [2.45, 2.75) is 33.7 Å². The normalized spacial score (nSPS) is 17.0. The minimum atomic E-state index is -0.293. The summed E-state index contributed by atoms with van der Waals surface area (Å²) in [5.41, 5.74) is 5.31. The Morgan fingerprint density at radius 3 is 2.32 bits per heavy atom. The topological polar surface area (TPSA) is 49.4 Å². The highest BCUT2D eigenvalue weighted by Crippen LogP contribution is 2.23. The predicted octanol–water partition coefficient (Wildman–Crippen LogP) is 3.60. The Bertz CT molecular complexity index is 776. The quantitative estimate of drug-likeness (QED) is 0.927. The average molecular weight is 336 g/mol. The second-order valence-corrected chi connectivity index (χ2v) is 7.03. The maximum Gasteiger partial charge on any atom is 0.229 e. The first-order valence-electron chi connectivity index (χ1n) is 8.63. The Morgan fingerprint density at radius 1 is 1.04 bits per heavy atom. The summed E-state index contributed by atoms with van der Waals surface area (Å²) >= 11 is 0. The Balaban J connectivity index is 1.63. The Kier molecular flexibility index (Phi) is 4.88. The molecule has 1 heterocycles. The van der Waals surface area contributed by atoms with Gasteiger partial charge in [-0.2, -0.15) is 0 Å². The molecule has 0 aromatic heterocycles. The van der Waals surface area contributed by atoms with Gasteiger partial charge in [-0.15, -0.1) is 0 Å². The molecule has 0 bridgehead atoms. The lowest BCUT2D eigenvalue weighted by atomic mass is 10.1. The minimum absolute atomic E-state index is 0.0427. The highest BCUT2D eigenvalue weighted by atomic mass is 16.2. The summed E-state index contributed by atoms with van der Waals surface area (Å²) in [6.45, 7) is 7.09. The van der Waals surface area contributed by atoms with Gasteiger partial charge >= 0.3 is 0 Å². The smallest absolute Gasteiger partial charge is 0.229 e. The van der Waals surface area contributed by atoms with Crippen LogP contribution < -0.4 is 5.32 Å². The number of nitrogens with one attached hydrogen (secondary N) is 1. The van der Waals surface area contributed by atoms with Gasteiger partial charge in [0.1, 0.15) is 0 Å². The van der Waals surface area contributed by atoms with E-state index in [1.54, 1.807) is 4.90 Å². The van der Waals surface area contributed by atoms with Gasteiger partial charge < -0.3 is 10.2 Å². The van der Waals surface area contributed by atoms with Crippen molar-refractivity contribution >= 4 is 17.5 Å². The SMILES string of the molecule is Cc1ccc(CN2C[C@@H](C(=O)Nc3cc(C)cc(C)c3)CC2=O)cc1. The van der Waals surface area contributed by atoms with Gasteiger partial charge in [-0.1, -0.05) is 35.9 Å². The fraction of sp³-hybridized carbons (Fsp3) is 0.333. The van der Waals surface area contributed by atoms with Crippen LogP contribution in [0.5, 0.6) is 0 Å². The van der Waals surface area contributed by atoms with Crippen molar-refractivity contribution in [1.29, 1.82) is 0 Å². The zero-order valence-corrected chi connectivity index (χ0v) is 15.0. The molecule has 1 aliphatic heterocycles. The molecule has 3 rings (SSSR count). The Morgan fingerprint density at radius 2 is 1.68 bits per heavy atom. The Labute approximate surface area is 148 Å². The van der Waals surface area contributed by atoms with Gasteiger partial charge in [0.2, 0.25) is 11.8 Å². The number of hydrogen-bond acceptors (Lipinski definition) is 2. The van der Waals surface area contributed by atoms with E-state index in [1.807, 2.05) is 57.2 Å². The van der Waals surface area contributed by atoms with E-state index in [-0.39, 0.29) is 24.2 Å². The number of carbonyl (C=O) groups excluding carboxylic acids is 2. The van der Waals surface area contributed by atoms with Crippen molar-refractivity contribution in [3.63, 3.8) is 0 Å². The number of likely N-dealkylation sites (tertiary alicyclic amines) is 1. The van der Waals surface area contributed by atoms with Gasteiger partial charge in [0.15, 0.2) is 0 Å². The van der Waals surface area contributed by atoms with E-state index in [1.165, 1.54) is 5.56 Å². The van der Waals surface area contributed by atoms with Crippen molar-refractivity contribution in [3.05, 3.63) is 64.7 Å². The summed E-state index contributed by atoms with van der Waals surface area (Å²) in [5.74, 6) is -0.329. The van der Waals surface area contributed by atoms with Gasteiger partial charge in [0.05, 0.1) is 5.92 Å². The third-order valence-electron chi connectivity index (χ3n) is 4.57. The van der Waals surface area contributed by atoms with E-state index in [4.69, 9.17) is 0 Å². The molecule has 2 amide bonds. The number of nitrogens with zero attached hydrogens (tertiary/aromatic N) is 1. The van der Waals surface area contributed by atoms with Crippen LogP contribution in [0.4, 0.5) is 5.69 Å². The number of aryl methyl sites for hydroxylation is 3. The molecule has 1 fully saturated rings. The first-order valence-corrected chi connectivity index (χ1v) is 8.63. The highest BCUT2D eigenvalue weighted by molar-refractivity contribution is 5.97. The standard InChI is InChI=1S/C21H24N2O2/c1-14-4-6-17(7-5-14)12-23-13-18(11-20(23)24)21(25)22-19-9-15(2)8-16(3)10-19/h4-10,18H,11-13H2,1-3H3,(H,22,25)/t18-/m0/s1. The maximum absolute atomic E-state index is 12.5. The van der Waals surface area contributed by atoms with Crippen LogP contribution in [0.15, 0.2) is 42.5 Å². The molecule has 25 heavy (non-hydrogen) atoms. The third-order valence-corrected chi connectivity index (χ3v) is 4.57. The first-order chi connectivity index (χ1) is 11.9. The van der Waals surface area contributed by atoms with E-state index in [2.05, 4.69) is 11.4 Å². The summed E-state index contributed by atoms with van der Waals surface area (Å²) < 4.78 is 0. The van der Waals surface area contributed by atoms with Gasteiger partial charge in [0.25, 0.3) is 0 Å². The number of rotatable bonds is 4. The van der Waals surface area contributed by atoms with Gasteiger partial charge in [-0.25, -0.2) is 0 Å². The maximum atomic E-state index is 12.5. The molecule has 0 unspecified atom stereocenters. The molecule has 1 N–H and O–H groups in total. The lowest BCUT2D eigenvalue weighted by Gasteiger charge is -2.17. The summed E-state index contributed by atoms with van der Waals surface area (Å²) in [7, 11) is 0. The number of anilines is 1. The molecule has 0 aliphatic carbocycles. The molecule has 4 heteroatoms. The molecule has 2 aromatic rings. The molecule has 0 spiro atoms. The number of hydrogen-bond donors (Lipinski definition) is 1. The summed E-state index contributed by atoms with van der Waals surface area (Å²) in [6.07, 6.45) is 0.280. The zero-order chi connectivity index (χ0) is 18.0. The fourth-order valence-corrected chi connectivity index (χ4v) is 3.31. The van der Waals surface area contributed by atoms with Crippen LogP contribution in [0.25, 0.3) is 0 Å². The van der Waals surface area contributed by atoms with E-state index in [0.29, 0.717) is 13.1 Å². The van der Waals surface area contributed by atoms with Crippen molar-refractivity contribution in [3.8, 4) is 0 Å². The fourth-order valence-electron chi connectivity index (χ4n) is 3.31. The van der Waals surface area contributed by atoms with Crippen LogP contribution in [0, 0.1) is 26.7 Å². The van der Waals surface area contributed by atoms with Crippen molar-refractivity contribution in [2.75, 3.05) is 11.9 Å². The van der Waals surface area contributed by atoms with Crippen molar-refractivity contribution < 1.29 is 9.59 Å². The van der Waals surface area contributed by atoms with Crippen LogP contribution in [-0.4, -0.2) is 23.3 Å². The lowest BCUT2D eigenvalue weighted by Crippen LogP contribution is -2.28. The molecule has 0 saturated carbocycles. The minimum Gasteiger partial charge on any atom is -0.338 e. The molecule has 1 aliphatic rings. The number of carbonyl (C=O) groups is 2. The van der Waals surface area contributed by atoms with Crippen LogP contribution in [0.1, 0.15) is 28.7 Å². The largest absolute Gasteiger partial charge is 0.338 e. The van der Waals surface area contributed by atoms with E-state index < -0.39 is 0 Å². The Hall–Kier alpha value is -2.62. The number of amides is 2. The van der Waals surface area contributed by atoms with E-state index in [9.17, 15) is 9.59 Å². The number of benzene rings is 2. The van der Waals surface area contributed by atoms with E-state index >= 15 is 0 Å². The molecule has 130 valence electrons.